The average molecular weight is 333 g/mol. The molecule has 0 unspecified atom stereocenters. The minimum Gasteiger partial charge on any atom is -0.359 e. The first-order chi connectivity index (χ1) is 10.3. The Bertz CT molecular complexity index is 567. The summed E-state index contributed by atoms with van der Waals surface area (Å²) in [6.45, 7) is 2.24. The van der Waals surface area contributed by atoms with Gasteiger partial charge in [0.15, 0.2) is 5.69 Å². The Morgan fingerprint density at radius 1 is 1.00 bits per heavy atom. The van der Waals surface area contributed by atoms with Gasteiger partial charge in [-0.05, 0) is 6.42 Å². The van der Waals surface area contributed by atoms with Gasteiger partial charge in [0.05, 0.1) is 26.9 Å². The van der Waals surface area contributed by atoms with E-state index >= 15 is 0 Å². The molecule has 1 rings (SSSR count). The van der Waals surface area contributed by atoms with Crippen LogP contribution in [-0.4, -0.2) is 33.7 Å². The molecule has 22 heavy (non-hydrogen) atoms. The van der Waals surface area contributed by atoms with E-state index in [0.717, 1.165) is 12.1 Å². The lowest BCUT2D eigenvalue weighted by molar-refractivity contribution is -0.402. The number of alkyl halides is 1. The van der Waals surface area contributed by atoms with Gasteiger partial charge in [0, 0.05) is 19.0 Å². The molecule has 0 fully saturated rings. The molecule has 0 N–H and O–H groups in total. The molecule has 0 aliphatic heterocycles. The van der Waals surface area contributed by atoms with Crippen LogP contribution in [0.1, 0.15) is 13.3 Å². The van der Waals surface area contributed by atoms with Gasteiger partial charge in [-0.25, -0.2) is 0 Å². The molecule has 10 nitrogen and oxygen atoms in total. The highest BCUT2D eigenvalue weighted by atomic mass is 35.5. The summed E-state index contributed by atoms with van der Waals surface area (Å²) >= 11 is 5.64. The summed E-state index contributed by atoms with van der Waals surface area (Å²) in [7, 11) is 0. The summed E-state index contributed by atoms with van der Waals surface area (Å²) in [5.41, 5.74) is -2.33. The second-order valence-electron chi connectivity index (χ2n) is 4.28. The summed E-state index contributed by atoms with van der Waals surface area (Å²) in [6.07, 6.45) is 0.572. The van der Waals surface area contributed by atoms with E-state index in [1.807, 2.05) is 0 Å². The van der Waals surface area contributed by atoms with Crippen molar-refractivity contribution in [1.29, 1.82) is 0 Å². The largest absolute Gasteiger partial charge is 0.359 e. The number of rotatable bonds is 8. The van der Waals surface area contributed by atoms with E-state index in [1.54, 1.807) is 6.92 Å². The molecule has 0 amide bonds. The Kier molecular flexibility index (Phi) is 5.99. The smallest absolute Gasteiger partial charge is 0.306 e. The summed E-state index contributed by atoms with van der Waals surface area (Å²) in [6, 6.07) is 1.44. The molecular weight excluding hydrogens is 320 g/mol. The molecule has 0 saturated carbocycles. The third-order valence-corrected chi connectivity index (χ3v) is 2.99. The van der Waals surface area contributed by atoms with Crippen LogP contribution in [0.4, 0.5) is 22.7 Å². The highest BCUT2D eigenvalue weighted by molar-refractivity contribution is 6.18. The van der Waals surface area contributed by atoms with Gasteiger partial charge in [-0.15, -0.1) is 11.6 Å². The molecule has 0 heterocycles. The van der Waals surface area contributed by atoms with E-state index in [9.17, 15) is 30.3 Å². The van der Waals surface area contributed by atoms with E-state index in [0.29, 0.717) is 13.0 Å². The first-order valence-corrected chi connectivity index (χ1v) is 6.79. The van der Waals surface area contributed by atoms with Crippen molar-refractivity contribution < 1.29 is 14.8 Å². The van der Waals surface area contributed by atoms with Gasteiger partial charge >= 0.3 is 11.4 Å². The Morgan fingerprint density at radius 3 is 1.82 bits per heavy atom. The lowest BCUT2D eigenvalue weighted by Crippen LogP contribution is -2.28. The fraction of sp³-hybridized carbons (Fsp3) is 0.455. The molecule has 0 radical (unpaired) electrons. The van der Waals surface area contributed by atoms with Crippen LogP contribution in [0.25, 0.3) is 0 Å². The van der Waals surface area contributed by atoms with Gasteiger partial charge < -0.3 is 4.90 Å². The summed E-state index contributed by atoms with van der Waals surface area (Å²) < 4.78 is 0. The summed E-state index contributed by atoms with van der Waals surface area (Å²) in [5.74, 6) is 0.102. The predicted octanol–water partition coefficient (Wildman–Crippen LogP) is 2.87. The van der Waals surface area contributed by atoms with Crippen molar-refractivity contribution in [1.82, 2.24) is 0 Å². The molecule has 0 aromatic heterocycles. The third-order valence-electron chi connectivity index (χ3n) is 2.82. The fourth-order valence-corrected chi connectivity index (χ4v) is 2.21. The summed E-state index contributed by atoms with van der Waals surface area (Å²) in [5, 5.41) is 33.2. The Morgan fingerprint density at radius 2 is 1.50 bits per heavy atom. The normalized spacial score (nSPS) is 10.3. The van der Waals surface area contributed by atoms with Crippen LogP contribution in [0.5, 0.6) is 0 Å². The zero-order valence-electron chi connectivity index (χ0n) is 11.6. The lowest BCUT2D eigenvalue weighted by Gasteiger charge is -2.22. The van der Waals surface area contributed by atoms with E-state index < -0.39 is 31.8 Å². The van der Waals surface area contributed by atoms with Crippen molar-refractivity contribution in [2.45, 2.75) is 13.3 Å². The van der Waals surface area contributed by atoms with Crippen LogP contribution in [0, 0.1) is 30.3 Å². The number of nitro benzene ring substituents is 3. The van der Waals surface area contributed by atoms with E-state index in [4.69, 9.17) is 11.6 Å². The maximum absolute atomic E-state index is 11.2. The van der Waals surface area contributed by atoms with Gasteiger partial charge in [0.1, 0.15) is 0 Å². The second-order valence-corrected chi connectivity index (χ2v) is 4.66. The molecule has 0 aliphatic carbocycles. The van der Waals surface area contributed by atoms with Crippen molar-refractivity contribution in [2.24, 2.45) is 0 Å². The number of benzene rings is 1. The SMILES string of the molecule is CCCN(CCCl)c1c([N+](=O)[O-])cc([N+](=O)[O-])cc1[N+](=O)[O-]. The quantitative estimate of drug-likeness (QED) is 0.406. The number of nitrogens with zero attached hydrogens (tertiary/aromatic N) is 4. The zero-order valence-corrected chi connectivity index (χ0v) is 12.4. The highest BCUT2D eigenvalue weighted by Crippen LogP contribution is 2.41. The first kappa shape index (κ1) is 17.6. The average Bonchev–Trinajstić information content (AvgIpc) is 2.45. The number of anilines is 1. The van der Waals surface area contributed by atoms with Gasteiger partial charge in [-0.2, -0.15) is 0 Å². The standard InChI is InChI=1S/C11H13ClN4O6/c1-2-4-13(5-3-12)11-9(15(19)20)6-8(14(17)18)7-10(11)16(21)22/h6-7H,2-5H2,1H3. The molecule has 120 valence electrons. The molecule has 0 spiro atoms. The van der Waals surface area contributed by atoms with Crippen LogP contribution in [0.3, 0.4) is 0 Å². The van der Waals surface area contributed by atoms with Crippen molar-refractivity contribution in [2.75, 3.05) is 23.9 Å². The van der Waals surface area contributed by atoms with E-state index in [1.165, 1.54) is 4.90 Å². The number of halogens is 1. The molecule has 0 saturated heterocycles. The van der Waals surface area contributed by atoms with Gasteiger partial charge in [-0.1, -0.05) is 6.92 Å². The number of nitro groups is 3. The molecule has 0 aliphatic rings. The molecule has 1 aromatic rings. The predicted molar refractivity (Wildman–Crippen MR) is 79.6 cm³/mol. The Hall–Kier alpha value is -2.49. The molecule has 0 bridgehead atoms. The first-order valence-electron chi connectivity index (χ1n) is 6.25. The van der Waals surface area contributed by atoms with Crippen molar-refractivity contribution >= 4 is 34.4 Å². The van der Waals surface area contributed by atoms with Crippen molar-refractivity contribution in [3.8, 4) is 0 Å². The highest BCUT2D eigenvalue weighted by Gasteiger charge is 2.33. The third kappa shape index (κ3) is 3.79. The number of hydrogen-bond acceptors (Lipinski definition) is 7. The fourth-order valence-electron chi connectivity index (χ4n) is 2.00. The van der Waals surface area contributed by atoms with Crippen LogP contribution in [0.2, 0.25) is 0 Å². The van der Waals surface area contributed by atoms with E-state index in [-0.39, 0.29) is 18.1 Å². The molecular formula is C11H13ClN4O6. The van der Waals surface area contributed by atoms with Gasteiger partial charge in [0.2, 0.25) is 0 Å². The summed E-state index contributed by atoms with van der Waals surface area (Å²) in [4.78, 5) is 31.9. The number of non-ortho nitro benzene ring substituents is 1. The van der Waals surface area contributed by atoms with Crippen LogP contribution in [0.15, 0.2) is 12.1 Å². The Labute approximate surface area is 129 Å². The number of hydrogen-bond donors (Lipinski definition) is 0. The minimum absolute atomic E-state index is 0.102. The monoisotopic (exact) mass is 332 g/mol. The molecule has 0 atom stereocenters. The van der Waals surface area contributed by atoms with Crippen molar-refractivity contribution in [3.05, 3.63) is 42.5 Å². The molecule has 11 heteroatoms. The molecule has 1 aromatic carbocycles. The Balaban J connectivity index is 3.66. The van der Waals surface area contributed by atoms with Crippen LogP contribution in [-0.2, 0) is 0 Å². The second kappa shape index (κ2) is 7.50. The van der Waals surface area contributed by atoms with Crippen LogP contribution >= 0.6 is 11.6 Å². The maximum Gasteiger partial charge on any atom is 0.306 e. The zero-order chi connectivity index (χ0) is 16.9. The van der Waals surface area contributed by atoms with Crippen LogP contribution < -0.4 is 4.90 Å². The van der Waals surface area contributed by atoms with Crippen molar-refractivity contribution in [3.63, 3.8) is 0 Å². The lowest BCUT2D eigenvalue weighted by atomic mass is 10.1. The minimum atomic E-state index is -0.907. The van der Waals surface area contributed by atoms with Gasteiger partial charge in [-0.3, -0.25) is 30.3 Å². The van der Waals surface area contributed by atoms with Gasteiger partial charge in [0.25, 0.3) is 5.69 Å². The van der Waals surface area contributed by atoms with E-state index in [2.05, 4.69) is 0 Å². The maximum atomic E-state index is 11.2. The topological polar surface area (TPSA) is 133 Å².